The predicted molar refractivity (Wildman–Crippen MR) is 109 cm³/mol. The summed E-state index contributed by atoms with van der Waals surface area (Å²) < 4.78 is 6.99. The topological polar surface area (TPSA) is 106 Å². The molecule has 3 heterocycles. The van der Waals surface area contributed by atoms with Gasteiger partial charge in [-0.1, -0.05) is 13.3 Å². The number of pyridine rings is 1. The molecule has 1 saturated heterocycles. The lowest BCUT2D eigenvalue weighted by Crippen LogP contribution is -2.42. The summed E-state index contributed by atoms with van der Waals surface area (Å²) in [6.45, 7) is 6.19. The summed E-state index contributed by atoms with van der Waals surface area (Å²) in [6, 6.07) is -0.190. The van der Waals surface area contributed by atoms with E-state index in [1.54, 1.807) is 17.7 Å². The van der Waals surface area contributed by atoms with Gasteiger partial charge in [0.05, 0.1) is 24.3 Å². The number of nitrogens with zero attached hydrogens (tertiary/aromatic N) is 3. The second-order valence-corrected chi connectivity index (χ2v) is 8.32. The molecule has 29 heavy (non-hydrogen) atoms. The van der Waals surface area contributed by atoms with Crippen molar-refractivity contribution in [2.75, 3.05) is 18.5 Å². The minimum Gasteiger partial charge on any atom is -0.389 e. The van der Waals surface area contributed by atoms with Crippen LogP contribution in [0.1, 0.15) is 61.5 Å². The minimum atomic E-state index is -0.637. The van der Waals surface area contributed by atoms with E-state index in [4.69, 9.17) is 4.74 Å². The van der Waals surface area contributed by atoms with E-state index in [9.17, 15) is 14.7 Å². The highest BCUT2D eigenvalue weighted by Gasteiger charge is 2.31. The molecule has 0 aromatic carbocycles. The summed E-state index contributed by atoms with van der Waals surface area (Å²) in [7, 11) is 0. The molecular formula is C21H28N4O4. The van der Waals surface area contributed by atoms with Crippen LogP contribution in [0.5, 0.6) is 0 Å². The van der Waals surface area contributed by atoms with Crippen LogP contribution in [0.3, 0.4) is 0 Å². The number of nitrogens with one attached hydrogen (secondary N) is 1. The van der Waals surface area contributed by atoms with E-state index in [1.165, 1.54) is 6.92 Å². The molecule has 2 fully saturated rings. The standard InChI is InChI=1S/C21H28N4O4/c1-11-5-4-6-16(11)25-19-14(12(2)18(13(3)26)20(25)28)9-22-21(24-19)23-15-7-8-29-10-17(15)27/h9,11,15-17,27H,4-8,10H2,1-3H3,(H,22,23,24)/t11-,15-,16-,17+/m1/s1. The minimum absolute atomic E-state index is 0.0140. The largest absolute Gasteiger partial charge is 0.389 e. The van der Waals surface area contributed by atoms with Gasteiger partial charge in [0.15, 0.2) is 5.78 Å². The Morgan fingerprint density at radius 1 is 1.34 bits per heavy atom. The maximum Gasteiger partial charge on any atom is 0.263 e. The quantitative estimate of drug-likeness (QED) is 0.758. The highest BCUT2D eigenvalue weighted by atomic mass is 16.5. The SMILES string of the molecule is CC(=O)c1c(C)c2cnc(N[C@@H]3CCOC[C@@H]3O)nc2n([C@@H]2CCC[C@H]2C)c1=O. The van der Waals surface area contributed by atoms with E-state index in [1.807, 2.05) is 0 Å². The Morgan fingerprint density at radius 2 is 2.14 bits per heavy atom. The van der Waals surface area contributed by atoms with Crippen LogP contribution in [0.4, 0.5) is 5.95 Å². The number of carbonyl (C=O) groups is 1. The molecule has 156 valence electrons. The highest BCUT2D eigenvalue weighted by Crippen LogP contribution is 2.36. The first-order valence-corrected chi connectivity index (χ1v) is 10.3. The van der Waals surface area contributed by atoms with Crippen LogP contribution in [0.2, 0.25) is 0 Å². The molecule has 8 heteroatoms. The molecule has 0 radical (unpaired) electrons. The van der Waals surface area contributed by atoms with Gasteiger partial charge >= 0.3 is 0 Å². The first-order valence-electron chi connectivity index (χ1n) is 10.3. The molecule has 0 spiro atoms. The number of aromatic nitrogens is 3. The fourth-order valence-corrected chi connectivity index (χ4v) is 4.69. The van der Waals surface area contributed by atoms with Crippen LogP contribution in [0, 0.1) is 12.8 Å². The second kappa shape index (κ2) is 7.84. The first kappa shape index (κ1) is 20.0. The van der Waals surface area contributed by atoms with E-state index in [2.05, 4.69) is 22.2 Å². The first-order chi connectivity index (χ1) is 13.9. The van der Waals surface area contributed by atoms with Gasteiger partial charge in [-0.05, 0) is 44.6 Å². The molecule has 2 aromatic rings. The zero-order valence-corrected chi connectivity index (χ0v) is 17.1. The summed E-state index contributed by atoms with van der Waals surface area (Å²) in [5.41, 5.74) is 1.13. The number of aryl methyl sites for hydroxylation is 1. The number of anilines is 1. The van der Waals surface area contributed by atoms with Crippen molar-refractivity contribution in [2.45, 2.75) is 64.6 Å². The number of hydrogen-bond acceptors (Lipinski definition) is 7. The predicted octanol–water partition coefficient (Wildman–Crippen LogP) is 2.23. The lowest BCUT2D eigenvalue weighted by molar-refractivity contribution is -0.0136. The summed E-state index contributed by atoms with van der Waals surface area (Å²) in [6.07, 6.45) is 4.68. The molecule has 0 amide bonds. The van der Waals surface area contributed by atoms with Crippen molar-refractivity contribution in [1.82, 2.24) is 14.5 Å². The van der Waals surface area contributed by atoms with Crippen LogP contribution in [0.25, 0.3) is 11.0 Å². The Morgan fingerprint density at radius 3 is 2.79 bits per heavy atom. The van der Waals surface area contributed by atoms with Crippen LogP contribution < -0.4 is 10.9 Å². The molecule has 1 aliphatic heterocycles. The number of hydrogen-bond donors (Lipinski definition) is 2. The number of aliphatic hydroxyl groups excluding tert-OH is 1. The maximum absolute atomic E-state index is 13.3. The number of ketones is 1. The highest BCUT2D eigenvalue weighted by molar-refractivity contribution is 5.99. The molecule has 2 aliphatic rings. The van der Waals surface area contributed by atoms with Crippen molar-refractivity contribution in [3.05, 3.63) is 27.7 Å². The maximum atomic E-state index is 13.3. The lowest BCUT2D eigenvalue weighted by Gasteiger charge is -2.28. The third kappa shape index (κ3) is 3.55. The van der Waals surface area contributed by atoms with Crippen molar-refractivity contribution in [2.24, 2.45) is 5.92 Å². The summed E-state index contributed by atoms with van der Waals surface area (Å²) in [5.74, 6) is 0.473. The van der Waals surface area contributed by atoms with E-state index < -0.39 is 6.10 Å². The molecule has 2 N–H and O–H groups in total. The summed E-state index contributed by atoms with van der Waals surface area (Å²) in [5, 5.41) is 14.1. The number of carbonyl (C=O) groups excluding carboxylic acids is 1. The van der Waals surface area contributed by atoms with Crippen molar-refractivity contribution < 1.29 is 14.6 Å². The van der Waals surface area contributed by atoms with Gasteiger partial charge in [-0.15, -0.1) is 0 Å². The average molecular weight is 400 g/mol. The van der Waals surface area contributed by atoms with Crippen molar-refractivity contribution in [1.29, 1.82) is 0 Å². The molecule has 0 unspecified atom stereocenters. The van der Waals surface area contributed by atoms with E-state index in [0.29, 0.717) is 41.5 Å². The Labute approximate surface area is 169 Å². The van der Waals surface area contributed by atoms with E-state index in [-0.39, 0.29) is 35.6 Å². The fraction of sp³-hybridized carbons (Fsp3) is 0.619. The Kier molecular flexibility index (Phi) is 5.40. The fourth-order valence-electron chi connectivity index (χ4n) is 4.69. The van der Waals surface area contributed by atoms with E-state index >= 15 is 0 Å². The summed E-state index contributed by atoms with van der Waals surface area (Å²) in [4.78, 5) is 34.7. The normalized spacial score (nSPS) is 27.3. The number of fused-ring (bicyclic) bond motifs is 1. The molecule has 0 bridgehead atoms. The van der Waals surface area contributed by atoms with Gasteiger partial charge in [0.1, 0.15) is 5.65 Å². The smallest absolute Gasteiger partial charge is 0.263 e. The van der Waals surface area contributed by atoms with Crippen molar-refractivity contribution in [3.63, 3.8) is 0 Å². The van der Waals surface area contributed by atoms with Crippen molar-refractivity contribution in [3.8, 4) is 0 Å². The van der Waals surface area contributed by atoms with Gasteiger partial charge in [-0.2, -0.15) is 4.98 Å². The van der Waals surface area contributed by atoms with Crippen LogP contribution in [-0.2, 0) is 4.74 Å². The molecule has 2 aromatic heterocycles. The third-order valence-electron chi connectivity index (χ3n) is 6.35. The number of aliphatic hydroxyl groups is 1. The van der Waals surface area contributed by atoms with Crippen LogP contribution in [0.15, 0.2) is 11.0 Å². The Balaban J connectivity index is 1.86. The van der Waals surface area contributed by atoms with Gasteiger partial charge in [-0.25, -0.2) is 4.98 Å². The van der Waals surface area contributed by atoms with Crippen LogP contribution in [-0.4, -0.2) is 50.8 Å². The zero-order chi connectivity index (χ0) is 20.7. The van der Waals surface area contributed by atoms with Gasteiger partial charge in [0.25, 0.3) is 5.56 Å². The molecular weight excluding hydrogens is 372 g/mol. The zero-order valence-electron chi connectivity index (χ0n) is 17.1. The van der Waals surface area contributed by atoms with Gasteiger partial charge in [0, 0.05) is 24.2 Å². The number of Topliss-reactive ketones (excluding diaryl/α,β-unsaturated/α-hetero) is 1. The Hall–Kier alpha value is -2.32. The lowest BCUT2D eigenvalue weighted by atomic mass is 10.0. The number of ether oxygens (including phenoxy) is 1. The van der Waals surface area contributed by atoms with Crippen LogP contribution >= 0.6 is 0 Å². The molecule has 1 aliphatic carbocycles. The molecule has 4 rings (SSSR count). The molecule has 8 nitrogen and oxygen atoms in total. The summed E-state index contributed by atoms with van der Waals surface area (Å²) >= 11 is 0. The molecule has 4 atom stereocenters. The second-order valence-electron chi connectivity index (χ2n) is 8.32. The Bertz CT molecular complexity index is 1000. The number of rotatable bonds is 4. The van der Waals surface area contributed by atoms with Gasteiger partial charge < -0.3 is 15.2 Å². The third-order valence-corrected chi connectivity index (χ3v) is 6.35. The average Bonchev–Trinajstić information content (AvgIpc) is 3.09. The van der Waals surface area contributed by atoms with Gasteiger partial charge in [-0.3, -0.25) is 14.2 Å². The van der Waals surface area contributed by atoms with E-state index in [0.717, 1.165) is 19.3 Å². The molecule has 1 saturated carbocycles. The monoisotopic (exact) mass is 400 g/mol. The van der Waals surface area contributed by atoms with Gasteiger partial charge in [0.2, 0.25) is 5.95 Å². The van der Waals surface area contributed by atoms with Crippen molar-refractivity contribution >= 4 is 22.8 Å².